The first-order valence-corrected chi connectivity index (χ1v) is 45.4. The zero-order valence-corrected chi connectivity index (χ0v) is 76.7. The summed E-state index contributed by atoms with van der Waals surface area (Å²) >= 11 is 0. The lowest BCUT2D eigenvalue weighted by Crippen LogP contribution is -2.43. The van der Waals surface area contributed by atoms with E-state index in [1.165, 1.54) is 61.7 Å². The van der Waals surface area contributed by atoms with Crippen LogP contribution in [0.25, 0.3) is 45.0 Å². The molecule has 16 rings (SSSR count). The van der Waals surface area contributed by atoms with Crippen molar-refractivity contribution in [3.05, 3.63) is 262 Å². The van der Waals surface area contributed by atoms with Gasteiger partial charge in [0.15, 0.2) is 75.2 Å². The topological polar surface area (TPSA) is 429 Å². The Morgan fingerprint density at radius 1 is 0.348 bits per heavy atom. The lowest BCUT2D eigenvalue weighted by Gasteiger charge is -2.33. The van der Waals surface area contributed by atoms with Gasteiger partial charge in [-0.05, 0) is 180 Å². The number of pyridine rings is 8. The van der Waals surface area contributed by atoms with Crippen LogP contribution in [0.3, 0.4) is 0 Å². The number of nitrogens with zero attached hydrogens (tertiary/aromatic N) is 12. The van der Waals surface area contributed by atoms with Crippen LogP contribution in [-0.2, 0) is 25.7 Å². The van der Waals surface area contributed by atoms with E-state index in [1.807, 2.05) is 32.0 Å². The highest BCUT2D eigenvalue weighted by molar-refractivity contribution is 6.04. The number of ketones is 4. The molecule has 4 fully saturated rings. The smallest absolute Gasteiger partial charge is 0.187 e. The summed E-state index contributed by atoms with van der Waals surface area (Å²) in [7, 11) is 1.28. The number of benzene rings is 4. The fourth-order valence-electron chi connectivity index (χ4n) is 16.9. The van der Waals surface area contributed by atoms with Gasteiger partial charge in [-0.15, -0.1) is 0 Å². The van der Waals surface area contributed by atoms with E-state index in [1.54, 1.807) is 62.6 Å². The molecular formula is C101H109F9N20O8. The molecule has 8 aromatic heterocycles. The van der Waals surface area contributed by atoms with E-state index in [2.05, 4.69) is 59.5 Å². The quantitative estimate of drug-likeness (QED) is 0.0159. The molecule has 0 spiro atoms. The molecule has 12 aromatic rings. The van der Waals surface area contributed by atoms with E-state index in [-0.39, 0.29) is 189 Å². The van der Waals surface area contributed by atoms with Gasteiger partial charge in [0.25, 0.3) is 0 Å². The predicted molar refractivity (Wildman–Crippen MR) is 512 cm³/mol. The minimum absolute atomic E-state index is 0.0137. The number of carbonyl (C=O) groups is 4. The van der Waals surface area contributed by atoms with Gasteiger partial charge >= 0.3 is 0 Å². The molecule has 0 amide bonds. The molecule has 4 saturated heterocycles. The van der Waals surface area contributed by atoms with Crippen LogP contribution in [0.1, 0.15) is 149 Å². The molecule has 12 heterocycles. The Hall–Kier alpha value is -14.4. The van der Waals surface area contributed by atoms with Crippen molar-refractivity contribution < 1.29 is 77.6 Å². The predicted octanol–water partition coefficient (Wildman–Crippen LogP) is 15.6. The number of nitrogen functional groups attached to an aromatic ring is 4. The molecule has 0 unspecified atom stereocenters. The van der Waals surface area contributed by atoms with E-state index in [9.17, 15) is 49.9 Å². The van der Waals surface area contributed by atoms with Crippen LogP contribution in [-0.4, -0.2) is 166 Å². The Morgan fingerprint density at radius 3 is 0.928 bits per heavy atom. The molecule has 0 aliphatic carbocycles. The molecule has 37 heteroatoms. The second kappa shape index (κ2) is 46.9. The number of hydrogen-bond acceptors (Lipinski definition) is 28. The Labute approximate surface area is 792 Å². The Balaban J connectivity index is 0.000000155. The maximum atomic E-state index is 15.1. The van der Waals surface area contributed by atoms with Crippen LogP contribution in [0.5, 0.6) is 23.0 Å². The van der Waals surface area contributed by atoms with Crippen molar-refractivity contribution in [2.45, 2.75) is 135 Å². The number of hydrogen-bond donors (Lipinski definition) is 8. The van der Waals surface area contributed by atoms with Crippen molar-refractivity contribution in [1.82, 2.24) is 39.9 Å². The average Bonchev–Trinajstić information content (AvgIpc) is 0.793. The third-order valence-corrected chi connectivity index (χ3v) is 23.6. The molecule has 0 bridgehead atoms. The van der Waals surface area contributed by atoms with Gasteiger partial charge in [-0.3, -0.25) is 39.1 Å². The van der Waals surface area contributed by atoms with Crippen molar-refractivity contribution in [2.75, 3.05) is 122 Å². The highest BCUT2D eigenvalue weighted by Gasteiger charge is 2.32. The van der Waals surface area contributed by atoms with Crippen molar-refractivity contribution >= 4 is 68.6 Å². The number of piperidine rings is 4. The molecule has 0 saturated carbocycles. The lowest BCUT2D eigenvalue weighted by molar-refractivity contribution is 0.0981. The normalized spacial score (nSPS) is 15.8. The fraction of sp³-hybridized carbons (Fsp3) is 0.327. The summed E-state index contributed by atoms with van der Waals surface area (Å²) < 4.78 is 154. The van der Waals surface area contributed by atoms with Gasteiger partial charge < -0.3 is 84.4 Å². The van der Waals surface area contributed by atoms with Gasteiger partial charge in [-0.25, -0.2) is 59.4 Å². The summed E-state index contributed by atoms with van der Waals surface area (Å²) in [4.78, 5) is 94.9. The number of anilines is 8. The van der Waals surface area contributed by atoms with Gasteiger partial charge in [0.1, 0.15) is 51.7 Å². The molecule has 724 valence electrons. The molecule has 16 N–H and O–H groups in total. The summed E-state index contributed by atoms with van der Waals surface area (Å²) in [6.07, 6.45) is 21.8. The van der Waals surface area contributed by atoms with Crippen molar-refractivity contribution in [1.29, 1.82) is 0 Å². The number of halogens is 9. The minimum Gasteiger partial charge on any atom is -0.494 e. The maximum Gasteiger partial charge on any atom is 0.187 e. The Kier molecular flexibility index (Phi) is 34.3. The number of rotatable bonds is 29. The van der Waals surface area contributed by atoms with Gasteiger partial charge in [0.2, 0.25) is 0 Å². The summed E-state index contributed by atoms with van der Waals surface area (Å²) in [5.74, 6) is -10.5. The van der Waals surface area contributed by atoms with Crippen LogP contribution in [0.4, 0.5) is 85.0 Å². The first-order chi connectivity index (χ1) is 66.4. The average molecular weight is 1900 g/mol. The number of methoxy groups -OCH3 is 1. The van der Waals surface area contributed by atoms with Crippen LogP contribution in [0, 0.1) is 52.4 Å². The summed E-state index contributed by atoms with van der Waals surface area (Å²) in [5.41, 5.74) is 51.8. The first kappa shape index (κ1) is 101. The second-order valence-corrected chi connectivity index (χ2v) is 33.7. The Morgan fingerprint density at radius 2 is 0.630 bits per heavy atom. The molecule has 4 aliphatic heterocycles. The lowest BCUT2D eigenvalue weighted by atomic mass is 10.0. The van der Waals surface area contributed by atoms with Gasteiger partial charge in [0, 0.05) is 203 Å². The number of nitrogens with two attached hydrogens (primary N) is 8. The molecular weight excluding hydrogens is 1790 g/mol. The largest absolute Gasteiger partial charge is 0.494 e. The third kappa shape index (κ3) is 24.3. The van der Waals surface area contributed by atoms with Gasteiger partial charge in [-0.2, -0.15) is 0 Å². The molecule has 0 radical (unpaired) electrons. The number of Topliss-reactive ketones (excluding diaryl/α,β-unsaturated/α-hetero) is 4. The van der Waals surface area contributed by atoms with E-state index in [4.69, 9.17) is 64.8 Å². The van der Waals surface area contributed by atoms with Crippen LogP contribution >= 0.6 is 0 Å². The van der Waals surface area contributed by atoms with Crippen molar-refractivity contribution in [3.63, 3.8) is 0 Å². The van der Waals surface area contributed by atoms with Crippen LogP contribution in [0.2, 0.25) is 0 Å². The van der Waals surface area contributed by atoms with E-state index >= 15 is 8.78 Å². The molecule has 138 heavy (non-hydrogen) atoms. The van der Waals surface area contributed by atoms with Crippen LogP contribution in [0.15, 0.2) is 165 Å². The standard InChI is InChI=1S/C26H28F3N5O2.C26H29F2N5O2.C25H27F2N5O2.C24H25F2N5O2/c1-2-10-36-22-6-5-17(27)23(24(22)29)25-18(28)12-19(31)26(33-25)21(35)11-15-13-32-8-7-20(15)34-9-3-4-16(30)14-34;1-2-12-35-23-8-5-18(27)24(25(23)28)20-7-6-19(30)26(32-20)22(34)13-16-14-31-10-9-21(16)33-11-3-4-17(29)15-33;1-2-34-22-8-5-17(26)23(24(22)27)19-7-6-18(29)25(31-19)21(33)12-15-13-30-10-9-20(15)32-11-3-4-16(28)14-32;1-33-21-7-4-16(25)22(23(21)26)18-6-5-17(28)24(30-18)20(32)11-14-12-29-9-8-19(14)31-10-2-3-15(27)13-31/h5-8,12-13,16H,2-4,9-11,14,30-31H2,1H3;5-10,14,17H,2-4,11-13,15,29-30H2,1H3;5-10,13,16H,2-4,11-12,14,28-29H2,1H3;4-9,12,15H,2-3,10-11,13,27-28H2,1H3/t16-;17-;16-;15-/m0000/s1. The van der Waals surface area contributed by atoms with E-state index < -0.39 is 69.4 Å². The van der Waals surface area contributed by atoms with Gasteiger partial charge in [0.05, 0.1) is 89.0 Å². The first-order valence-electron chi connectivity index (χ1n) is 45.4. The summed E-state index contributed by atoms with van der Waals surface area (Å²) in [6, 6.07) is 25.9. The SMILES string of the molecule is CCCOc1ccc(F)c(-c2ccc(N)c(C(=O)Cc3cnccc3N3CCC[C@H](N)C3)n2)c1F.CCCOc1ccc(F)c(-c2nc(C(=O)Cc3cnccc3N3CCC[C@H](N)C3)c(N)cc2F)c1F.CCOc1ccc(F)c(-c2ccc(N)c(C(=O)Cc3cnccc3N3CCC[C@H](N)C3)n2)c1F.COc1ccc(F)c(-c2ccc(N)c(C(=O)Cc3cnccc3N3CCC[C@H](N)C3)n2)c1F. The van der Waals surface area contributed by atoms with Crippen molar-refractivity contribution in [2.24, 2.45) is 22.9 Å². The molecule has 4 aromatic carbocycles. The van der Waals surface area contributed by atoms with E-state index in [0.717, 1.165) is 137 Å². The fourth-order valence-corrected chi connectivity index (χ4v) is 16.9. The minimum atomic E-state index is -1.10. The third-order valence-electron chi connectivity index (χ3n) is 23.6. The zero-order valence-electron chi connectivity index (χ0n) is 76.7. The molecule has 4 aliphatic rings. The molecule has 28 nitrogen and oxygen atoms in total. The summed E-state index contributed by atoms with van der Waals surface area (Å²) in [6.45, 7) is 12.1. The number of ether oxygens (including phenoxy) is 4. The number of carbonyl (C=O) groups excluding carboxylic acids is 4. The highest BCUT2D eigenvalue weighted by Crippen LogP contribution is 2.40. The summed E-state index contributed by atoms with van der Waals surface area (Å²) in [5, 5.41) is 0. The second-order valence-electron chi connectivity index (χ2n) is 33.7. The van der Waals surface area contributed by atoms with Crippen molar-refractivity contribution in [3.8, 4) is 68.0 Å². The highest BCUT2D eigenvalue weighted by atomic mass is 19.2. The monoisotopic (exact) mass is 1900 g/mol. The molecule has 4 atom stereocenters. The maximum absolute atomic E-state index is 15.1. The number of aromatic nitrogens is 8. The Bertz CT molecular complexity index is 6390. The van der Waals surface area contributed by atoms with E-state index in [0.29, 0.717) is 61.3 Å². The van der Waals surface area contributed by atoms with Crippen LogP contribution < -0.4 is 84.4 Å². The zero-order chi connectivity index (χ0) is 98.5. The van der Waals surface area contributed by atoms with Gasteiger partial charge in [-0.1, -0.05) is 13.8 Å².